The Bertz CT molecular complexity index is 1580. The molecule has 1 heterocycles. The number of sulfonamides is 1. The molecule has 3 aromatic carbocycles. The molecule has 1 aromatic heterocycles. The Labute approximate surface area is 206 Å². The molecule has 35 heavy (non-hydrogen) atoms. The van der Waals surface area contributed by atoms with Crippen molar-refractivity contribution in [3.05, 3.63) is 98.7 Å². The molecule has 0 unspecified atom stereocenters. The smallest absolute Gasteiger partial charge is 0.270 e. The van der Waals surface area contributed by atoms with Gasteiger partial charge in [-0.1, -0.05) is 29.8 Å². The highest BCUT2D eigenvalue weighted by atomic mass is 35.5. The Hall–Kier alpha value is -3.89. The van der Waals surface area contributed by atoms with E-state index in [0.717, 1.165) is 11.1 Å². The summed E-state index contributed by atoms with van der Waals surface area (Å²) in [5.74, 6) is -0.689. The number of halogens is 1. The van der Waals surface area contributed by atoms with E-state index in [1.165, 1.54) is 43.5 Å². The number of methoxy groups -OCH3 is 1. The number of amides is 1. The number of benzene rings is 3. The summed E-state index contributed by atoms with van der Waals surface area (Å²) in [4.78, 5) is 23.5. The summed E-state index contributed by atoms with van der Waals surface area (Å²) in [7, 11) is -1.02. The number of nitrogens with one attached hydrogen (secondary N) is 1. The first-order valence-electron chi connectivity index (χ1n) is 10.3. The van der Waals surface area contributed by atoms with Gasteiger partial charge in [0, 0.05) is 36.3 Å². The van der Waals surface area contributed by atoms with Gasteiger partial charge in [0.15, 0.2) is 0 Å². The fourth-order valence-electron chi connectivity index (χ4n) is 3.87. The SMILES string of the molecule is COc1ccc(Cc2cn(C)c3ccc([N+](=O)[O-])cc23)cc1C(=O)NS(=O)(=O)c1ccccc1Cl. The summed E-state index contributed by atoms with van der Waals surface area (Å²) in [6.07, 6.45) is 2.21. The molecule has 0 radical (unpaired) electrons. The van der Waals surface area contributed by atoms with Crippen LogP contribution in [0.5, 0.6) is 5.75 Å². The average Bonchev–Trinajstić information content (AvgIpc) is 3.13. The van der Waals surface area contributed by atoms with Crippen molar-refractivity contribution in [1.82, 2.24) is 9.29 Å². The van der Waals surface area contributed by atoms with E-state index in [2.05, 4.69) is 0 Å². The van der Waals surface area contributed by atoms with Gasteiger partial charge in [-0.3, -0.25) is 14.9 Å². The molecule has 0 saturated heterocycles. The van der Waals surface area contributed by atoms with Crippen molar-refractivity contribution in [2.45, 2.75) is 11.3 Å². The molecule has 0 atom stereocenters. The number of ether oxygens (including phenoxy) is 1. The van der Waals surface area contributed by atoms with Crippen LogP contribution in [0.15, 0.2) is 71.8 Å². The molecule has 180 valence electrons. The number of nitrogens with zero attached hydrogens (tertiary/aromatic N) is 2. The van der Waals surface area contributed by atoms with Crippen LogP contribution >= 0.6 is 11.6 Å². The lowest BCUT2D eigenvalue weighted by Gasteiger charge is -2.12. The molecule has 0 spiro atoms. The molecule has 0 aliphatic rings. The summed E-state index contributed by atoms with van der Waals surface area (Å²) in [6.45, 7) is 0. The van der Waals surface area contributed by atoms with E-state index in [4.69, 9.17) is 16.3 Å². The van der Waals surface area contributed by atoms with Crippen LogP contribution in [0.2, 0.25) is 5.02 Å². The van der Waals surface area contributed by atoms with Crippen LogP contribution in [-0.2, 0) is 23.5 Å². The summed E-state index contributed by atoms with van der Waals surface area (Å²) in [5.41, 5.74) is 2.32. The number of nitro groups is 1. The maximum absolute atomic E-state index is 13.0. The van der Waals surface area contributed by atoms with Gasteiger partial charge in [-0.05, 0) is 47.9 Å². The second-order valence-electron chi connectivity index (χ2n) is 7.80. The second kappa shape index (κ2) is 9.40. The highest BCUT2D eigenvalue weighted by molar-refractivity contribution is 7.90. The zero-order valence-corrected chi connectivity index (χ0v) is 20.3. The van der Waals surface area contributed by atoms with Crippen LogP contribution in [0.3, 0.4) is 0 Å². The first-order chi connectivity index (χ1) is 16.6. The predicted molar refractivity (Wildman–Crippen MR) is 131 cm³/mol. The Balaban J connectivity index is 1.68. The van der Waals surface area contributed by atoms with Gasteiger partial charge >= 0.3 is 0 Å². The Kier molecular flexibility index (Phi) is 6.51. The van der Waals surface area contributed by atoms with Crippen LogP contribution in [0.4, 0.5) is 5.69 Å². The molecule has 4 aromatic rings. The van der Waals surface area contributed by atoms with Gasteiger partial charge in [-0.15, -0.1) is 0 Å². The fourth-order valence-corrected chi connectivity index (χ4v) is 5.36. The first-order valence-corrected chi connectivity index (χ1v) is 12.2. The van der Waals surface area contributed by atoms with Crippen molar-refractivity contribution in [2.24, 2.45) is 7.05 Å². The molecule has 4 rings (SSSR count). The second-order valence-corrected chi connectivity index (χ2v) is 9.86. The van der Waals surface area contributed by atoms with E-state index < -0.39 is 20.9 Å². The molecular weight excluding hydrogens is 494 g/mol. The minimum atomic E-state index is -4.23. The quantitative estimate of drug-likeness (QED) is 0.288. The van der Waals surface area contributed by atoms with Crippen LogP contribution in [0, 0.1) is 10.1 Å². The zero-order valence-electron chi connectivity index (χ0n) is 18.7. The normalized spacial score (nSPS) is 11.4. The van der Waals surface area contributed by atoms with E-state index in [-0.39, 0.29) is 26.9 Å². The van der Waals surface area contributed by atoms with Gasteiger partial charge in [0.2, 0.25) is 0 Å². The number of aryl methyl sites for hydroxylation is 1. The minimum Gasteiger partial charge on any atom is -0.496 e. The molecule has 11 heteroatoms. The van der Waals surface area contributed by atoms with Gasteiger partial charge < -0.3 is 9.30 Å². The van der Waals surface area contributed by atoms with Crippen LogP contribution < -0.4 is 9.46 Å². The number of carbonyl (C=O) groups excluding carboxylic acids is 1. The van der Waals surface area contributed by atoms with Crippen molar-refractivity contribution in [3.63, 3.8) is 0 Å². The van der Waals surface area contributed by atoms with E-state index in [1.54, 1.807) is 24.3 Å². The van der Waals surface area contributed by atoms with Gasteiger partial charge in [0.05, 0.1) is 22.6 Å². The Morgan fingerprint density at radius 3 is 2.57 bits per heavy atom. The lowest BCUT2D eigenvalue weighted by molar-refractivity contribution is -0.384. The Morgan fingerprint density at radius 2 is 1.89 bits per heavy atom. The topological polar surface area (TPSA) is 121 Å². The molecule has 0 aliphatic carbocycles. The lowest BCUT2D eigenvalue weighted by atomic mass is 10.0. The van der Waals surface area contributed by atoms with Gasteiger partial charge in [0.25, 0.3) is 21.6 Å². The molecule has 0 aliphatic heterocycles. The lowest BCUT2D eigenvalue weighted by Crippen LogP contribution is -2.31. The Morgan fingerprint density at radius 1 is 1.14 bits per heavy atom. The molecule has 0 fully saturated rings. The van der Waals surface area contributed by atoms with E-state index in [0.29, 0.717) is 17.4 Å². The minimum absolute atomic E-state index is 0.0152. The molecule has 0 saturated carbocycles. The molecule has 9 nitrogen and oxygen atoms in total. The third kappa shape index (κ3) is 4.84. The third-order valence-electron chi connectivity index (χ3n) is 5.52. The number of rotatable bonds is 7. The van der Waals surface area contributed by atoms with E-state index in [9.17, 15) is 23.3 Å². The molecule has 0 bridgehead atoms. The van der Waals surface area contributed by atoms with Crippen molar-refractivity contribution in [3.8, 4) is 5.75 Å². The van der Waals surface area contributed by atoms with Gasteiger partial charge in [-0.2, -0.15) is 0 Å². The van der Waals surface area contributed by atoms with Crippen molar-refractivity contribution in [2.75, 3.05) is 7.11 Å². The van der Waals surface area contributed by atoms with Gasteiger partial charge in [0.1, 0.15) is 10.6 Å². The number of fused-ring (bicyclic) bond motifs is 1. The standard InChI is InChI=1S/C24H20ClN3O6S/c1-27-14-16(18-13-17(28(30)31)8-9-21(18)27)11-15-7-10-22(34-2)19(12-15)24(29)26-35(32,33)23-6-4-3-5-20(23)25/h3-10,12-14H,11H2,1-2H3,(H,26,29). The summed E-state index contributed by atoms with van der Waals surface area (Å²) in [5, 5.41) is 11.9. The first kappa shape index (κ1) is 24.2. The maximum Gasteiger partial charge on any atom is 0.270 e. The fraction of sp³-hybridized carbons (Fsp3) is 0.125. The van der Waals surface area contributed by atoms with E-state index >= 15 is 0 Å². The monoisotopic (exact) mass is 513 g/mol. The third-order valence-corrected chi connectivity index (χ3v) is 7.35. The number of hydrogen-bond acceptors (Lipinski definition) is 6. The zero-order chi connectivity index (χ0) is 25.3. The number of nitro benzene ring substituents is 1. The maximum atomic E-state index is 13.0. The largest absolute Gasteiger partial charge is 0.496 e. The summed E-state index contributed by atoms with van der Waals surface area (Å²) >= 11 is 5.99. The van der Waals surface area contributed by atoms with Crippen LogP contribution in [-0.4, -0.2) is 30.9 Å². The number of aromatic nitrogens is 1. The van der Waals surface area contributed by atoms with Crippen LogP contribution in [0.25, 0.3) is 10.9 Å². The molecule has 1 amide bonds. The van der Waals surface area contributed by atoms with Crippen LogP contribution in [0.1, 0.15) is 21.5 Å². The van der Waals surface area contributed by atoms with Crippen molar-refractivity contribution in [1.29, 1.82) is 0 Å². The van der Waals surface area contributed by atoms with Gasteiger partial charge in [-0.25, -0.2) is 13.1 Å². The number of non-ortho nitro benzene ring substituents is 1. The number of carbonyl (C=O) groups is 1. The summed E-state index contributed by atoms with van der Waals surface area (Å²) < 4.78 is 34.6. The van der Waals surface area contributed by atoms with Crippen molar-refractivity contribution >= 4 is 44.1 Å². The highest BCUT2D eigenvalue weighted by Crippen LogP contribution is 2.29. The average molecular weight is 514 g/mol. The predicted octanol–water partition coefficient (Wildman–Crippen LogP) is 4.46. The van der Waals surface area contributed by atoms with Crippen molar-refractivity contribution < 1.29 is 22.9 Å². The highest BCUT2D eigenvalue weighted by Gasteiger charge is 2.24. The molecule has 1 N–H and O–H groups in total. The molecular formula is C24H20ClN3O6S. The number of hydrogen-bond donors (Lipinski definition) is 1. The van der Waals surface area contributed by atoms with E-state index in [1.807, 2.05) is 22.5 Å². The summed E-state index contributed by atoms with van der Waals surface area (Å²) in [6, 6.07) is 15.3.